The summed E-state index contributed by atoms with van der Waals surface area (Å²) >= 11 is 0. The van der Waals surface area contributed by atoms with E-state index in [4.69, 9.17) is 4.74 Å². The van der Waals surface area contributed by atoms with Gasteiger partial charge >= 0.3 is 0 Å². The van der Waals surface area contributed by atoms with Gasteiger partial charge in [0.05, 0.1) is 0 Å². The van der Waals surface area contributed by atoms with Gasteiger partial charge in [-0.25, -0.2) is 8.78 Å². The molecule has 2 aromatic carbocycles. The molecule has 1 amide bonds. The van der Waals surface area contributed by atoms with E-state index < -0.39 is 11.6 Å². The first kappa shape index (κ1) is 22.2. The van der Waals surface area contributed by atoms with Crippen molar-refractivity contribution in [2.24, 2.45) is 0 Å². The predicted molar refractivity (Wildman–Crippen MR) is 114 cm³/mol. The topological polar surface area (TPSA) is 32.8 Å². The molecule has 0 aromatic heterocycles. The van der Waals surface area contributed by atoms with Gasteiger partial charge in [-0.1, -0.05) is 38.1 Å². The van der Waals surface area contributed by atoms with E-state index in [-0.39, 0.29) is 11.7 Å². The van der Waals surface area contributed by atoms with E-state index in [1.165, 1.54) is 23.3 Å². The normalized spacial score (nSPS) is 14.9. The van der Waals surface area contributed by atoms with Crippen LogP contribution in [-0.2, 0) is 11.2 Å². The summed E-state index contributed by atoms with van der Waals surface area (Å²) in [6.07, 6.45) is 1.28. The molecule has 1 saturated heterocycles. The fourth-order valence-electron chi connectivity index (χ4n) is 3.58. The molecule has 3 rings (SSSR count). The Kier molecular flexibility index (Phi) is 7.80. The Bertz CT molecular complexity index is 832. The number of hydrogen-bond acceptors (Lipinski definition) is 3. The highest BCUT2D eigenvalue weighted by Gasteiger charge is 2.20. The average molecular weight is 417 g/mol. The summed E-state index contributed by atoms with van der Waals surface area (Å²) in [5.74, 6) is -0.548. The van der Waals surface area contributed by atoms with E-state index in [2.05, 4.69) is 43.0 Å². The van der Waals surface area contributed by atoms with Crippen LogP contribution in [0.2, 0.25) is 0 Å². The number of carbonyl (C=O) groups is 1. The quantitative estimate of drug-likeness (QED) is 0.645. The summed E-state index contributed by atoms with van der Waals surface area (Å²) in [7, 11) is 0. The number of hydrogen-bond donors (Lipinski definition) is 0. The lowest BCUT2D eigenvalue weighted by Gasteiger charge is -2.34. The van der Waals surface area contributed by atoms with Gasteiger partial charge in [-0.2, -0.15) is 0 Å². The van der Waals surface area contributed by atoms with Crippen LogP contribution in [0.1, 0.15) is 37.3 Å². The highest BCUT2D eigenvalue weighted by atomic mass is 19.1. The number of nitrogens with zero attached hydrogens (tertiary/aromatic N) is 2. The minimum absolute atomic E-state index is 0.0617. The lowest BCUT2D eigenvalue weighted by Crippen LogP contribution is -2.49. The zero-order valence-corrected chi connectivity index (χ0v) is 17.7. The molecular weight excluding hydrogens is 386 g/mol. The van der Waals surface area contributed by atoms with E-state index in [1.807, 2.05) is 4.90 Å². The van der Waals surface area contributed by atoms with Crippen molar-refractivity contribution in [1.29, 1.82) is 0 Å². The van der Waals surface area contributed by atoms with Gasteiger partial charge in [-0.05, 0) is 35.6 Å². The van der Waals surface area contributed by atoms with Crippen molar-refractivity contribution in [3.63, 3.8) is 0 Å². The second-order valence-electron chi connectivity index (χ2n) is 8.04. The fraction of sp³-hybridized carbons (Fsp3) is 0.458. The molecule has 1 aliphatic heterocycles. The van der Waals surface area contributed by atoms with Crippen molar-refractivity contribution >= 4 is 5.91 Å². The third-order valence-electron chi connectivity index (χ3n) is 5.56. The summed E-state index contributed by atoms with van der Waals surface area (Å²) in [5.41, 5.74) is 2.50. The number of benzene rings is 2. The molecule has 0 aliphatic carbocycles. The molecule has 0 radical (unpaired) electrons. The number of rotatable bonds is 8. The first-order valence-electron chi connectivity index (χ1n) is 10.6. The highest BCUT2D eigenvalue weighted by Crippen LogP contribution is 2.18. The Hall–Kier alpha value is -2.47. The minimum Gasteiger partial charge on any atom is -0.489 e. The predicted octanol–water partition coefficient (Wildman–Crippen LogP) is 4.24. The van der Waals surface area contributed by atoms with Gasteiger partial charge in [0.1, 0.15) is 12.4 Å². The van der Waals surface area contributed by atoms with Crippen molar-refractivity contribution < 1.29 is 18.3 Å². The third-order valence-corrected chi connectivity index (χ3v) is 5.56. The third kappa shape index (κ3) is 6.26. The zero-order chi connectivity index (χ0) is 21.5. The maximum atomic E-state index is 13.6. The van der Waals surface area contributed by atoms with E-state index in [0.29, 0.717) is 38.6 Å². The van der Waals surface area contributed by atoms with Crippen molar-refractivity contribution in [1.82, 2.24) is 9.80 Å². The van der Waals surface area contributed by atoms with Crippen molar-refractivity contribution in [2.45, 2.75) is 32.6 Å². The molecule has 0 unspecified atom stereocenters. The zero-order valence-electron chi connectivity index (χ0n) is 17.7. The van der Waals surface area contributed by atoms with Crippen molar-refractivity contribution in [3.05, 3.63) is 65.2 Å². The van der Waals surface area contributed by atoms with Gasteiger partial charge < -0.3 is 9.64 Å². The summed E-state index contributed by atoms with van der Waals surface area (Å²) in [6.45, 7) is 8.22. The van der Waals surface area contributed by atoms with Gasteiger partial charge in [0, 0.05) is 45.2 Å². The monoisotopic (exact) mass is 416 g/mol. The minimum atomic E-state index is -0.690. The number of carbonyl (C=O) groups excluding carboxylic acids is 1. The molecule has 1 aliphatic rings. The van der Waals surface area contributed by atoms with Crippen LogP contribution in [0.5, 0.6) is 5.75 Å². The summed E-state index contributed by atoms with van der Waals surface area (Å²) < 4.78 is 31.9. The number of halogens is 2. The summed E-state index contributed by atoms with van der Waals surface area (Å²) in [5, 5.41) is 0. The Morgan fingerprint density at radius 1 is 1.03 bits per heavy atom. The Morgan fingerprint density at radius 3 is 2.37 bits per heavy atom. The first-order valence-corrected chi connectivity index (χ1v) is 10.6. The second-order valence-corrected chi connectivity index (χ2v) is 8.04. The highest BCUT2D eigenvalue weighted by molar-refractivity contribution is 5.76. The standard InChI is InChI=1S/C24H30F2N2O2/c1-18(2)20-6-3-19(4-7-20)5-10-24(29)28-13-11-27(12-14-28)15-16-30-23-9-8-21(25)17-22(23)26/h3-4,6-9,17-18H,5,10-16H2,1-2H3. The van der Waals surface area contributed by atoms with Crippen LogP contribution in [0.3, 0.4) is 0 Å². The lowest BCUT2D eigenvalue weighted by atomic mass is 10.00. The van der Waals surface area contributed by atoms with Gasteiger partial charge in [0.2, 0.25) is 5.91 Å². The smallest absolute Gasteiger partial charge is 0.222 e. The van der Waals surface area contributed by atoms with Crippen LogP contribution in [-0.4, -0.2) is 55.0 Å². The van der Waals surface area contributed by atoms with Crippen LogP contribution in [0.15, 0.2) is 42.5 Å². The molecule has 4 nitrogen and oxygen atoms in total. The second kappa shape index (κ2) is 10.5. The molecule has 0 saturated carbocycles. The number of ether oxygens (including phenoxy) is 1. The Balaban J connectivity index is 1.35. The van der Waals surface area contributed by atoms with E-state index in [1.54, 1.807) is 0 Å². The molecule has 30 heavy (non-hydrogen) atoms. The van der Waals surface area contributed by atoms with Gasteiger partial charge in [-0.3, -0.25) is 9.69 Å². The Labute approximate surface area is 177 Å². The SMILES string of the molecule is CC(C)c1ccc(CCC(=O)N2CCN(CCOc3ccc(F)cc3F)CC2)cc1. The molecule has 1 fully saturated rings. The largest absolute Gasteiger partial charge is 0.489 e. The van der Waals surface area contributed by atoms with Crippen LogP contribution in [0.25, 0.3) is 0 Å². The maximum absolute atomic E-state index is 13.6. The van der Waals surface area contributed by atoms with E-state index >= 15 is 0 Å². The molecule has 0 bridgehead atoms. The average Bonchev–Trinajstić information content (AvgIpc) is 2.74. The molecule has 162 valence electrons. The van der Waals surface area contributed by atoms with Crippen LogP contribution in [0.4, 0.5) is 8.78 Å². The van der Waals surface area contributed by atoms with E-state index in [9.17, 15) is 13.6 Å². The lowest BCUT2D eigenvalue weighted by molar-refractivity contribution is -0.132. The molecule has 0 atom stereocenters. The first-order chi connectivity index (χ1) is 14.4. The fourth-order valence-corrected chi connectivity index (χ4v) is 3.58. The molecular formula is C24H30F2N2O2. The van der Waals surface area contributed by atoms with Gasteiger partial charge in [0.25, 0.3) is 0 Å². The van der Waals surface area contributed by atoms with Gasteiger partial charge in [-0.15, -0.1) is 0 Å². The number of amides is 1. The van der Waals surface area contributed by atoms with Crippen molar-refractivity contribution in [3.8, 4) is 5.75 Å². The molecule has 6 heteroatoms. The molecule has 0 N–H and O–H groups in total. The van der Waals surface area contributed by atoms with E-state index in [0.717, 1.165) is 25.6 Å². The summed E-state index contributed by atoms with van der Waals surface area (Å²) in [4.78, 5) is 16.6. The number of aryl methyl sites for hydroxylation is 1. The number of piperazine rings is 1. The van der Waals surface area contributed by atoms with Gasteiger partial charge in [0.15, 0.2) is 11.6 Å². The van der Waals surface area contributed by atoms with Crippen LogP contribution in [0, 0.1) is 11.6 Å². The molecule has 0 spiro atoms. The molecule has 2 aromatic rings. The molecule has 1 heterocycles. The van der Waals surface area contributed by atoms with Crippen LogP contribution < -0.4 is 4.74 Å². The van der Waals surface area contributed by atoms with Crippen LogP contribution >= 0.6 is 0 Å². The summed E-state index contributed by atoms with van der Waals surface area (Å²) in [6, 6.07) is 11.8. The van der Waals surface area contributed by atoms with Crippen molar-refractivity contribution in [2.75, 3.05) is 39.3 Å². The Morgan fingerprint density at radius 2 is 1.73 bits per heavy atom. The maximum Gasteiger partial charge on any atom is 0.222 e.